The van der Waals surface area contributed by atoms with E-state index >= 15 is 0 Å². The summed E-state index contributed by atoms with van der Waals surface area (Å²) >= 11 is 0. The smallest absolute Gasteiger partial charge is 0.00561 e. The average Bonchev–Trinajstić information content (AvgIpc) is 2.29. The number of hydrogen-bond acceptors (Lipinski definition) is 1. The first-order valence-corrected chi connectivity index (χ1v) is 5.12. The second-order valence-electron chi connectivity index (χ2n) is 3.23. The second-order valence-corrected chi connectivity index (χ2v) is 3.23. The van der Waals surface area contributed by atoms with Gasteiger partial charge in [-0.15, -0.1) is 0 Å². The summed E-state index contributed by atoms with van der Waals surface area (Å²) in [4.78, 5) is 0. The summed E-state index contributed by atoms with van der Waals surface area (Å²) in [6.45, 7) is 5.86. The molecule has 0 amide bonds. The van der Waals surface area contributed by atoms with E-state index in [-0.39, 0.29) is 0 Å². The van der Waals surface area contributed by atoms with Crippen LogP contribution in [0.3, 0.4) is 0 Å². The fourth-order valence-electron chi connectivity index (χ4n) is 1.58. The Hall–Kier alpha value is -1.76. The van der Waals surface area contributed by atoms with Crippen LogP contribution >= 0.6 is 0 Å². The Morgan fingerprint density at radius 1 is 1.40 bits per heavy atom. The maximum atomic E-state index is 5.43. The van der Waals surface area contributed by atoms with Crippen LogP contribution in [-0.4, -0.2) is 0 Å². The quantitative estimate of drug-likeness (QED) is 0.740. The van der Waals surface area contributed by atoms with Gasteiger partial charge in [-0.05, 0) is 35.4 Å². The third-order valence-corrected chi connectivity index (χ3v) is 2.28. The number of hydrogen-bond donors (Lipinski definition) is 1. The zero-order valence-electron chi connectivity index (χ0n) is 9.11. The van der Waals surface area contributed by atoms with Crippen LogP contribution in [0.2, 0.25) is 0 Å². The van der Waals surface area contributed by atoms with Crippen molar-refractivity contribution in [3.05, 3.63) is 66.4 Å². The Morgan fingerprint density at radius 3 is 2.73 bits per heavy atom. The molecule has 0 saturated carbocycles. The van der Waals surface area contributed by atoms with Gasteiger partial charge < -0.3 is 5.73 Å². The van der Waals surface area contributed by atoms with Crippen LogP contribution in [0, 0.1) is 0 Å². The number of rotatable bonds is 4. The topological polar surface area (TPSA) is 26.0 Å². The summed E-state index contributed by atoms with van der Waals surface area (Å²) < 4.78 is 0. The van der Waals surface area contributed by atoms with E-state index in [9.17, 15) is 0 Å². The molecule has 1 heteroatoms. The third kappa shape index (κ3) is 2.84. The molecule has 0 unspecified atom stereocenters. The van der Waals surface area contributed by atoms with Gasteiger partial charge in [0.25, 0.3) is 0 Å². The molecule has 0 bridgehead atoms. The molecule has 1 rings (SSSR count). The summed E-state index contributed by atoms with van der Waals surface area (Å²) in [6.07, 6.45) is 8.22. The summed E-state index contributed by atoms with van der Waals surface area (Å²) in [5.74, 6) is 0. The fourth-order valence-corrected chi connectivity index (χ4v) is 1.58. The van der Waals surface area contributed by atoms with Crippen LogP contribution in [0.15, 0.2) is 55.3 Å². The van der Waals surface area contributed by atoms with Gasteiger partial charge in [-0.25, -0.2) is 0 Å². The van der Waals surface area contributed by atoms with Crippen molar-refractivity contribution in [1.29, 1.82) is 0 Å². The molecule has 1 aromatic carbocycles. The first-order valence-electron chi connectivity index (χ1n) is 5.12. The predicted molar refractivity (Wildman–Crippen MR) is 67.3 cm³/mol. The van der Waals surface area contributed by atoms with Crippen LogP contribution in [0.1, 0.15) is 18.1 Å². The Balaban J connectivity index is 3.21. The Bertz CT molecular complexity index is 386. The van der Waals surface area contributed by atoms with Gasteiger partial charge in [0.2, 0.25) is 0 Å². The Kier molecular flexibility index (Phi) is 4.42. The van der Waals surface area contributed by atoms with Crippen molar-refractivity contribution >= 4 is 5.57 Å². The lowest BCUT2D eigenvalue weighted by Gasteiger charge is -2.07. The minimum Gasteiger partial charge on any atom is -0.405 e. The van der Waals surface area contributed by atoms with Crippen LogP contribution in [0.4, 0.5) is 0 Å². The highest BCUT2D eigenvalue weighted by Gasteiger charge is 2.01. The standard InChI is InChI=1S/C14H17N/c1-3-7-13(10-11-15)14-9-6-5-8-12(14)4-2/h3,5-11H,1,4,15H2,2H3/b11-10-,13-7+. The van der Waals surface area contributed by atoms with Gasteiger partial charge in [0.05, 0.1) is 0 Å². The van der Waals surface area contributed by atoms with Crippen molar-refractivity contribution in [3.63, 3.8) is 0 Å². The van der Waals surface area contributed by atoms with Crippen molar-refractivity contribution in [2.45, 2.75) is 13.3 Å². The van der Waals surface area contributed by atoms with Crippen LogP contribution in [0.25, 0.3) is 5.57 Å². The van der Waals surface area contributed by atoms with E-state index in [0.717, 1.165) is 12.0 Å². The van der Waals surface area contributed by atoms with Crippen molar-refractivity contribution in [2.24, 2.45) is 5.73 Å². The third-order valence-electron chi connectivity index (χ3n) is 2.28. The molecular formula is C14H17N. The molecule has 0 heterocycles. The zero-order chi connectivity index (χ0) is 11.1. The van der Waals surface area contributed by atoms with Gasteiger partial charge in [0.15, 0.2) is 0 Å². The van der Waals surface area contributed by atoms with Crippen molar-refractivity contribution in [3.8, 4) is 0 Å². The maximum absolute atomic E-state index is 5.43. The minimum atomic E-state index is 1.02. The van der Waals surface area contributed by atoms with E-state index in [1.54, 1.807) is 12.3 Å². The molecule has 0 atom stereocenters. The molecule has 15 heavy (non-hydrogen) atoms. The van der Waals surface area contributed by atoms with E-state index in [0.29, 0.717) is 0 Å². The highest BCUT2D eigenvalue weighted by atomic mass is 14.5. The first kappa shape index (κ1) is 11.3. The molecule has 78 valence electrons. The van der Waals surface area contributed by atoms with Gasteiger partial charge in [0, 0.05) is 0 Å². The van der Waals surface area contributed by atoms with Crippen LogP contribution in [0.5, 0.6) is 0 Å². The van der Waals surface area contributed by atoms with Gasteiger partial charge in [-0.2, -0.15) is 0 Å². The number of benzene rings is 1. The molecule has 0 aromatic heterocycles. The number of nitrogens with two attached hydrogens (primary N) is 1. The minimum absolute atomic E-state index is 1.02. The predicted octanol–water partition coefficient (Wildman–Crippen LogP) is 3.29. The summed E-state index contributed by atoms with van der Waals surface area (Å²) in [7, 11) is 0. The summed E-state index contributed by atoms with van der Waals surface area (Å²) in [5, 5.41) is 0. The number of allylic oxidation sites excluding steroid dienone is 4. The molecule has 0 saturated heterocycles. The molecule has 0 aliphatic heterocycles. The van der Waals surface area contributed by atoms with Crippen molar-refractivity contribution in [2.75, 3.05) is 0 Å². The lowest BCUT2D eigenvalue weighted by molar-refractivity contribution is 1.13. The van der Waals surface area contributed by atoms with Gasteiger partial charge >= 0.3 is 0 Å². The summed E-state index contributed by atoms with van der Waals surface area (Å²) in [5.41, 5.74) is 9.08. The lowest BCUT2D eigenvalue weighted by Crippen LogP contribution is -1.90. The lowest BCUT2D eigenvalue weighted by atomic mass is 9.97. The van der Waals surface area contributed by atoms with Gasteiger partial charge in [-0.1, -0.05) is 49.9 Å². The van der Waals surface area contributed by atoms with E-state index in [1.165, 1.54) is 11.1 Å². The largest absolute Gasteiger partial charge is 0.405 e. The molecule has 0 fully saturated rings. The first-order chi connectivity index (χ1) is 7.33. The molecule has 1 aromatic rings. The highest BCUT2D eigenvalue weighted by molar-refractivity contribution is 5.76. The molecule has 0 spiro atoms. The van der Waals surface area contributed by atoms with E-state index in [1.807, 2.05) is 18.2 Å². The monoisotopic (exact) mass is 199 g/mol. The second kappa shape index (κ2) is 5.86. The van der Waals surface area contributed by atoms with Crippen molar-refractivity contribution < 1.29 is 0 Å². The van der Waals surface area contributed by atoms with Crippen molar-refractivity contribution in [1.82, 2.24) is 0 Å². The van der Waals surface area contributed by atoms with Gasteiger partial charge in [0.1, 0.15) is 0 Å². The van der Waals surface area contributed by atoms with E-state index in [4.69, 9.17) is 5.73 Å². The molecule has 0 aliphatic carbocycles. The zero-order valence-corrected chi connectivity index (χ0v) is 9.11. The van der Waals surface area contributed by atoms with Gasteiger partial charge in [-0.3, -0.25) is 0 Å². The number of aryl methyl sites for hydroxylation is 1. The molecule has 2 N–H and O–H groups in total. The fraction of sp³-hybridized carbons (Fsp3) is 0.143. The van der Waals surface area contributed by atoms with Crippen LogP contribution < -0.4 is 5.73 Å². The molecule has 0 aliphatic rings. The molecular weight excluding hydrogens is 182 g/mol. The molecule has 1 nitrogen and oxygen atoms in total. The normalized spacial score (nSPS) is 11.9. The summed E-state index contributed by atoms with van der Waals surface area (Å²) in [6, 6.07) is 8.33. The SMILES string of the molecule is C=C/C=C(\C=C/N)c1ccccc1CC. The Labute approximate surface area is 91.6 Å². The Morgan fingerprint density at radius 2 is 2.13 bits per heavy atom. The average molecular weight is 199 g/mol. The maximum Gasteiger partial charge on any atom is -0.00561 e. The van der Waals surface area contributed by atoms with E-state index < -0.39 is 0 Å². The van der Waals surface area contributed by atoms with E-state index in [2.05, 4.69) is 31.7 Å². The highest BCUT2D eigenvalue weighted by Crippen LogP contribution is 2.20. The van der Waals surface area contributed by atoms with Crippen LogP contribution in [-0.2, 0) is 6.42 Å². The molecule has 0 radical (unpaired) electrons.